The average Bonchev–Trinajstić information content (AvgIpc) is 2.74. The fourth-order valence-electron chi connectivity index (χ4n) is 2.12. The van der Waals surface area contributed by atoms with E-state index in [4.69, 9.17) is 0 Å². The zero-order valence-electron chi connectivity index (χ0n) is 8.46. The molecule has 1 saturated heterocycles. The van der Waals surface area contributed by atoms with E-state index in [1.54, 1.807) is 29.8 Å². The highest BCUT2D eigenvalue weighted by Crippen LogP contribution is 2.31. The lowest BCUT2D eigenvalue weighted by molar-refractivity contribution is 0.111. The van der Waals surface area contributed by atoms with E-state index in [1.807, 2.05) is 0 Å². The number of sulfone groups is 1. The molecule has 0 N–H and O–H groups in total. The summed E-state index contributed by atoms with van der Waals surface area (Å²) in [7, 11) is -2.96. The smallest absolute Gasteiger partial charge is 0.166 e. The molecule has 0 bridgehead atoms. The molecule has 0 radical (unpaired) electrons. The van der Waals surface area contributed by atoms with E-state index < -0.39 is 15.1 Å². The molecule has 1 aliphatic heterocycles. The van der Waals surface area contributed by atoms with Gasteiger partial charge in [-0.15, -0.1) is 0 Å². The largest absolute Gasteiger partial charge is 0.341 e. The van der Waals surface area contributed by atoms with E-state index in [1.165, 1.54) is 0 Å². The van der Waals surface area contributed by atoms with Crippen LogP contribution < -0.4 is 0 Å². The first-order valence-corrected chi connectivity index (χ1v) is 6.61. The molecule has 4 nitrogen and oxygen atoms in total. The van der Waals surface area contributed by atoms with Crippen molar-refractivity contribution < 1.29 is 13.2 Å². The first kappa shape index (κ1) is 10.4. The second-order valence-electron chi connectivity index (χ2n) is 3.89. The van der Waals surface area contributed by atoms with Crippen molar-refractivity contribution in [3.8, 4) is 0 Å². The zero-order valence-corrected chi connectivity index (χ0v) is 9.28. The summed E-state index contributed by atoms with van der Waals surface area (Å²) in [5.74, 6) is 0.218. The van der Waals surface area contributed by atoms with E-state index in [9.17, 15) is 13.2 Å². The molecule has 1 aromatic heterocycles. The van der Waals surface area contributed by atoms with Crippen molar-refractivity contribution in [3.05, 3.63) is 24.0 Å². The topological polar surface area (TPSA) is 56.1 Å². The minimum absolute atomic E-state index is 0.0924. The maximum Gasteiger partial charge on any atom is 0.166 e. The zero-order chi connectivity index (χ0) is 11.1. The van der Waals surface area contributed by atoms with E-state index in [0.717, 1.165) is 6.29 Å². The van der Waals surface area contributed by atoms with Gasteiger partial charge in [0, 0.05) is 6.20 Å². The maximum atomic E-state index is 11.6. The molecule has 2 atom stereocenters. The number of rotatable bonds is 2. The lowest BCUT2D eigenvalue weighted by Crippen LogP contribution is -2.22. The lowest BCUT2D eigenvalue weighted by Gasteiger charge is -2.17. The third-order valence-corrected chi connectivity index (χ3v) is 5.35. The highest BCUT2D eigenvalue weighted by Gasteiger charge is 2.37. The molecular weight excluding hydrogens is 214 g/mol. The van der Waals surface area contributed by atoms with Crippen molar-refractivity contribution in [1.82, 2.24) is 4.57 Å². The van der Waals surface area contributed by atoms with Gasteiger partial charge in [-0.25, -0.2) is 8.42 Å². The molecule has 2 heterocycles. The molecule has 0 amide bonds. The molecule has 15 heavy (non-hydrogen) atoms. The summed E-state index contributed by atoms with van der Waals surface area (Å²) < 4.78 is 24.9. The average molecular weight is 227 g/mol. The van der Waals surface area contributed by atoms with E-state index >= 15 is 0 Å². The summed E-state index contributed by atoms with van der Waals surface area (Å²) in [6.07, 6.45) is 3.13. The van der Waals surface area contributed by atoms with Crippen molar-refractivity contribution in [2.75, 3.05) is 5.75 Å². The molecule has 2 rings (SSSR count). The van der Waals surface area contributed by atoms with Gasteiger partial charge in [-0.1, -0.05) is 0 Å². The fraction of sp³-hybridized carbons (Fsp3) is 0.500. The Kier molecular flexibility index (Phi) is 2.42. The first-order valence-electron chi connectivity index (χ1n) is 4.90. The molecule has 1 fully saturated rings. The van der Waals surface area contributed by atoms with Crippen LogP contribution in [-0.2, 0) is 9.84 Å². The van der Waals surface area contributed by atoms with Crippen molar-refractivity contribution >= 4 is 16.1 Å². The van der Waals surface area contributed by atoms with Crippen LogP contribution in [0.15, 0.2) is 18.3 Å². The Hall–Kier alpha value is -1.10. The van der Waals surface area contributed by atoms with Crippen LogP contribution in [0.4, 0.5) is 0 Å². The second-order valence-corrected chi connectivity index (χ2v) is 6.36. The number of aromatic nitrogens is 1. The van der Waals surface area contributed by atoms with E-state index in [-0.39, 0.29) is 11.8 Å². The van der Waals surface area contributed by atoms with Gasteiger partial charge < -0.3 is 4.57 Å². The SMILES string of the molecule is CC1C(n2cccc2C=O)CCS1(=O)=O. The maximum absolute atomic E-state index is 11.6. The summed E-state index contributed by atoms with van der Waals surface area (Å²) >= 11 is 0. The number of carbonyl (C=O) groups excluding carboxylic acids is 1. The Labute approximate surface area is 88.8 Å². The molecule has 1 aromatic rings. The highest BCUT2D eigenvalue weighted by atomic mass is 32.2. The summed E-state index contributed by atoms with van der Waals surface area (Å²) in [4.78, 5) is 10.7. The highest BCUT2D eigenvalue weighted by molar-refractivity contribution is 7.92. The van der Waals surface area contributed by atoms with Crippen molar-refractivity contribution in [1.29, 1.82) is 0 Å². The number of aldehydes is 1. The number of hydrogen-bond donors (Lipinski definition) is 0. The van der Waals surface area contributed by atoms with E-state index in [0.29, 0.717) is 12.1 Å². The van der Waals surface area contributed by atoms with Gasteiger partial charge in [0.1, 0.15) is 0 Å². The van der Waals surface area contributed by atoms with Crippen LogP contribution in [0, 0.1) is 0 Å². The van der Waals surface area contributed by atoms with Crippen molar-refractivity contribution in [2.45, 2.75) is 24.6 Å². The van der Waals surface area contributed by atoms with Crippen molar-refractivity contribution in [2.24, 2.45) is 0 Å². The number of carbonyl (C=O) groups is 1. The Morgan fingerprint density at radius 1 is 1.53 bits per heavy atom. The molecule has 2 unspecified atom stereocenters. The number of hydrogen-bond acceptors (Lipinski definition) is 3. The Morgan fingerprint density at radius 3 is 2.80 bits per heavy atom. The molecule has 82 valence electrons. The summed E-state index contributed by atoms with van der Waals surface area (Å²) in [5, 5.41) is -0.399. The fourth-order valence-corrected chi connectivity index (χ4v) is 3.81. The predicted octanol–water partition coefficient (Wildman–Crippen LogP) is 1.05. The van der Waals surface area contributed by atoms with Crippen LogP contribution in [0.2, 0.25) is 0 Å². The van der Waals surface area contributed by atoms with Crippen LogP contribution in [0.1, 0.15) is 29.9 Å². The van der Waals surface area contributed by atoms with Crippen molar-refractivity contribution in [3.63, 3.8) is 0 Å². The van der Waals surface area contributed by atoms with Gasteiger partial charge in [0.05, 0.1) is 22.7 Å². The third kappa shape index (κ3) is 1.61. The Morgan fingerprint density at radius 2 is 2.27 bits per heavy atom. The molecule has 0 aliphatic carbocycles. The lowest BCUT2D eigenvalue weighted by atomic mass is 10.1. The molecule has 0 spiro atoms. The third-order valence-electron chi connectivity index (χ3n) is 3.10. The molecule has 0 aromatic carbocycles. The molecular formula is C10H13NO3S. The van der Waals surface area contributed by atoms with Crippen LogP contribution in [-0.4, -0.2) is 30.3 Å². The normalized spacial score (nSPS) is 29.1. The summed E-state index contributed by atoms with van der Waals surface area (Å²) in [6.45, 7) is 1.71. The van der Waals surface area contributed by atoms with Gasteiger partial charge in [0.2, 0.25) is 0 Å². The molecule has 5 heteroatoms. The van der Waals surface area contributed by atoms with Crippen LogP contribution in [0.5, 0.6) is 0 Å². The van der Waals surface area contributed by atoms with Crippen LogP contribution in [0.3, 0.4) is 0 Å². The van der Waals surface area contributed by atoms with E-state index in [2.05, 4.69) is 0 Å². The summed E-state index contributed by atoms with van der Waals surface area (Å²) in [5.41, 5.74) is 0.545. The van der Waals surface area contributed by atoms with Gasteiger partial charge in [-0.2, -0.15) is 0 Å². The Balaban J connectivity index is 2.38. The predicted molar refractivity (Wildman–Crippen MR) is 56.7 cm³/mol. The minimum Gasteiger partial charge on any atom is -0.341 e. The second kappa shape index (κ2) is 3.48. The van der Waals surface area contributed by atoms with Crippen LogP contribution >= 0.6 is 0 Å². The minimum atomic E-state index is -2.96. The first-order chi connectivity index (χ1) is 7.06. The monoisotopic (exact) mass is 227 g/mol. The molecule has 0 saturated carbocycles. The Bertz CT molecular complexity index is 475. The molecule has 1 aliphatic rings. The van der Waals surface area contributed by atoms with Gasteiger partial charge >= 0.3 is 0 Å². The standard InChI is InChI=1S/C10H13NO3S/c1-8-10(4-6-15(8,13)14)11-5-2-3-9(11)7-12/h2-3,5,7-8,10H,4,6H2,1H3. The van der Waals surface area contributed by atoms with Gasteiger partial charge in [0.15, 0.2) is 16.1 Å². The van der Waals surface area contributed by atoms with Gasteiger partial charge in [-0.05, 0) is 25.5 Å². The number of nitrogens with zero attached hydrogens (tertiary/aromatic N) is 1. The van der Waals surface area contributed by atoms with Gasteiger partial charge in [-0.3, -0.25) is 4.79 Å². The van der Waals surface area contributed by atoms with Crippen LogP contribution in [0.25, 0.3) is 0 Å². The van der Waals surface area contributed by atoms with Gasteiger partial charge in [0.25, 0.3) is 0 Å². The quantitative estimate of drug-likeness (QED) is 0.709. The summed E-state index contributed by atoms with van der Waals surface area (Å²) in [6, 6.07) is 3.37.